The van der Waals surface area contributed by atoms with E-state index in [1.54, 1.807) is 18.2 Å². The van der Waals surface area contributed by atoms with E-state index >= 15 is 0 Å². The molecule has 0 aliphatic heterocycles. The molecular weight excluding hydrogens is 144 g/mol. The molecular formula is C7H6FN3. The Labute approximate surface area is 63.1 Å². The van der Waals surface area contributed by atoms with E-state index in [0.29, 0.717) is 5.56 Å². The summed E-state index contributed by atoms with van der Waals surface area (Å²) in [5.74, 6) is -0.333. The molecule has 0 fully saturated rings. The lowest BCUT2D eigenvalue weighted by molar-refractivity contribution is 0.610. The second-order valence-corrected chi connectivity index (χ2v) is 1.98. The van der Waals surface area contributed by atoms with Gasteiger partial charge in [-0.05, 0) is 17.2 Å². The molecule has 0 radical (unpaired) electrons. The molecule has 0 amide bonds. The van der Waals surface area contributed by atoms with Gasteiger partial charge in [0.25, 0.3) is 0 Å². The average molecular weight is 150 g/mol. The van der Waals surface area contributed by atoms with Crippen LogP contribution in [0.2, 0.25) is 0 Å². The highest BCUT2D eigenvalue weighted by molar-refractivity contribution is 5.16. The Morgan fingerprint density at radius 2 is 2.18 bits per heavy atom. The number of hydrogen-bond acceptors (Lipinski definition) is 1. The van der Waals surface area contributed by atoms with E-state index in [1.165, 1.54) is 6.07 Å². The van der Waals surface area contributed by atoms with Crippen molar-refractivity contribution in [3.8, 4) is 0 Å². The second kappa shape index (κ2) is 3.58. The van der Waals surface area contributed by atoms with E-state index in [-0.39, 0.29) is 12.4 Å². The van der Waals surface area contributed by atoms with Crippen molar-refractivity contribution >= 4 is 0 Å². The zero-order chi connectivity index (χ0) is 8.10. The number of azide groups is 1. The van der Waals surface area contributed by atoms with Gasteiger partial charge in [-0.1, -0.05) is 23.3 Å². The summed E-state index contributed by atoms with van der Waals surface area (Å²) in [6.07, 6.45) is 0. The molecule has 0 aromatic heterocycles. The van der Waals surface area contributed by atoms with Gasteiger partial charge in [-0.25, -0.2) is 4.39 Å². The minimum absolute atomic E-state index is 0.0726. The Balaban J connectivity index is 2.85. The van der Waals surface area contributed by atoms with Crippen LogP contribution < -0.4 is 0 Å². The fraction of sp³-hybridized carbons (Fsp3) is 0.143. The molecule has 11 heavy (non-hydrogen) atoms. The zero-order valence-corrected chi connectivity index (χ0v) is 5.74. The number of nitrogens with zero attached hydrogens (tertiary/aromatic N) is 3. The van der Waals surface area contributed by atoms with Crippen LogP contribution in [0.15, 0.2) is 29.4 Å². The van der Waals surface area contributed by atoms with E-state index in [2.05, 4.69) is 10.0 Å². The fourth-order valence-corrected chi connectivity index (χ4v) is 0.734. The minimum atomic E-state index is -0.333. The van der Waals surface area contributed by atoms with Gasteiger partial charge in [0.2, 0.25) is 0 Å². The van der Waals surface area contributed by atoms with Gasteiger partial charge in [0, 0.05) is 4.91 Å². The van der Waals surface area contributed by atoms with Crippen LogP contribution in [-0.4, -0.2) is 0 Å². The van der Waals surface area contributed by atoms with Gasteiger partial charge in [-0.2, -0.15) is 0 Å². The Hall–Kier alpha value is -1.54. The number of halogens is 1. The number of benzene rings is 1. The van der Waals surface area contributed by atoms with Crippen LogP contribution in [0.5, 0.6) is 0 Å². The molecule has 4 heteroatoms. The van der Waals surface area contributed by atoms with Crippen LogP contribution in [0.3, 0.4) is 0 Å². The maximum atomic E-state index is 12.7. The highest BCUT2D eigenvalue weighted by atomic mass is 18.2. The summed E-state index contributed by atoms with van der Waals surface area (Å²) in [6, 6.07) is 6.21. The number of hydrogen-bond donors (Lipinski definition) is 0. The molecule has 0 heterocycles. The van der Waals surface area contributed by atoms with Crippen molar-refractivity contribution in [2.45, 2.75) is 6.54 Å². The molecule has 0 aliphatic carbocycles. The van der Waals surface area contributed by atoms with E-state index < -0.39 is 0 Å². The molecule has 0 N–H and O–H groups in total. The molecule has 0 unspecified atom stereocenters. The standard InChI is InChI=1S/C7H6FN3/c8-7-4-2-1-3-6(7)5-10-11-9/h1-4H,5H2/i8-1. The van der Waals surface area contributed by atoms with E-state index in [4.69, 9.17) is 5.53 Å². The molecule has 56 valence electrons. The SMILES string of the molecule is [N-]=[N+]=NCc1ccccc1[18F]. The molecule has 3 nitrogen and oxygen atoms in total. The van der Waals surface area contributed by atoms with Crippen molar-refractivity contribution in [2.75, 3.05) is 0 Å². The van der Waals surface area contributed by atoms with Gasteiger partial charge in [-0.15, -0.1) is 0 Å². The monoisotopic (exact) mass is 150 g/mol. The quantitative estimate of drug-likeness (QED) is 0.353. The van der Waals surface area contributed by atoms with Gasteiger partial charge in [0.15, 0.2) is 0 Å². The molecule has 0 atom stereocenters. The first kappa shape index (κ1) is 7.57. The molecule has 0 saturated heterocycles. The van der Waals surface area contributed by atoms with Crippen LogP contribution in [0.25, 0.3) is 10.4 Å². The Kier molecular flexibility index (Phi) is 2.47. The number of rotatable bonds is 2. The van der Waals surface area contributed by atoms with Crippen molar-refractivity contribution in [2.24, 2.45) is 5.11 Å². The predicted octanol–water partition coefficient (Wildman–Crippen LogP) is 2.64. The summed E-state index contributed by atoms with van der Waals surface area (Å²) in [7, 11) is 0. The van der Waals surface area contributed by atoms with Crippen LogP contribution >= 0.6 is 0 Å². The molecule has 1 rings (SSSR count). The normalized spacial score (nSPS) is 8.82. The van der Waals surface area contributed by atoms with E-state index in [1.807, 2.05) is 0 Å². The summed E-state index contributed by atoms with van der Waals surface area (Å²) in [5.41, 5.74) is 8.38. The van der Waals surface area contributed by atoms with Crippen LogP contribution in [0.1, 0.15) is 5.56 Å². The first-order valence-electron chi connectivity index (χ1n) is 3.09. The summed E-state index contributed by atoms with van der Waals surface area (Å²) in [6.45, 7) is 0.0726. The third-order valence-electron chi connectivity index (χ3n) is 1.26. The summed E-state index contributed by atoms with van der Waals surface area (Å²) < 4.78 is 12.7. The maximum absolute atomic E-state index is 12.7. The summed E-state index contributed by atoms with van der Waals surface area (Å²) in [4.78, 5) is 2.53. The van der Waals surface area contributed by atoms with Crippen molar-refractivity contribution in [3.63, 3.8) is 0 Å². The molecule has 0 bridgehead atoms. The van der Waals surface area contributed by atoms with Crippen molar-refractivity contribution in [1.82, 2.24) is 0 Å². The Morgan fingerprint density at radius 3 is 2.82 bits per heavy atom. The van der Waals surface area contributed by atoms with E-state index in [0.717, 1.165) is 0 Å². The minimum Gasteiger partial charge on any atom is -0.207 e. The van der Waals surface area contributed by atoms with Crippen molar-refractivity contribution < 1.29 is 4.39 Å². The van der Waals surface area contributed by atoms with Gasteiger partial charge in [-0.3, -0.25) is 0 Å². The lowest BCUT2D eigenvalue weighted by Gasteiger charge is -1.94. The lowest BCUT2D eigenvalue weighted by Crippen LogP contribution is -1.84. The molecule has 1 aromatic carbocycles. The van der Waals surface area contributed by atoms with Crippen LogP contribution in [-0.2, 0) is 6.54 Å². The third-order valence-corrected chi connectivity index (χ3v) is 1.26. The molecule has 0 spiro atoms. The lowest BCUT2D eigenvalue weighted by atomic mass is 10.2. The molecule has 1 aromatic rings. The first-order chi connectivity index (χ1) is 5.34. The van der Waals surface area contributed by atoms with Gasteiger partial charge in [0.05, 0.1) is 6.54 Å². The van der Waals surface area contributed by atoms with Crippen molar-refractivity contribution in [1.29, 1.82) is 0 Å². The highest BCUT2D eigenvalue weighted by Crippen LogP contribution is 2.06. The third kappa shape index (κ3) is 1.95. The Morgan fingerprint density at radius 1 is 1.45 bits per heavy atom. The summed E-state index contributed by atoms with van der Waals surface area (Å²) >= 11 is 0. The van der Waals surface area contributed by atoms with Crippen molar-refractivity contribution in [3.05, 3.63) is 46.1 Å². The van der Waals surface area contributed by atoms with Crippen LogP contribution in [0.4, 0.5) is 4.39 Å². The molecule has 0 aliphatic rings. The van der Waals surface area contributed by atoms with Gasteiger partial charge >= 0.3 is 0 Å². The van der Waals surface area contributed by atoms with E-state index in [9.17, 15) is 4.39 Å². The van der Waals surface area contributed by atoms with Gasteiger partial charge < -0.3 is 0 Å². The largest absolute Gasteiger partial charge is 0.207 e. The Bertz CT molecular complexity index is 291. The highest BCUT2D eigenvalue weighted by Gasteiger charge is 1.96. The molecule has 0 saturated carbocycles. The zero-order valence-electron chi connectivity index (χ0n) is 5.74. The average Bonchev–Trinajstić information content (AvgIpc) is 2.03. The second-order valence-electron chi connectivity index (χ2n) is 1.98. The fourth-order valence-electron chi connectivity index (χ4n) is 0.734. The van der Waals surface area contributed by atoms with Crippen LogP contribution in [0, 0.1) is 5.82 Å². The first-order valence-corrected chi connectivity index (χ1v) is 3.09. The predicted molar refractivity (Wildman–Crippen MR) is 39.3 cm³/mol. The topological polar surface area (TPSA) is 48.8 Å². The smallest absolute Gasteiger partial charge is 0.126 e. The maximum Gasteiger partial charge on any atom is 0.126 e. The summed E-state index contributed by atoms with van der Waals surface area (Å²) in [5, 5.41) is 3.24. The van der Waals surface area contributed by atoms with Gasteiger partial charge in [0.1, 0.15) is 5.82 Å².